The first kappa shape index (κ1) is 65.4. The summed E-state index contributed by atoms with van der Waals surface area (Å²) in [7, 11) is 0. The summed E-state index contributed by atoms with van der Waals surface area (Å²) >= 11 is 0. The lowest BCUT2D eigenvalue weighted by Crippen LogP contribution is -2.28. The van der Waals surface area contributed by atoms with Gasteiger partial charge in [-0.25, -0.2) is 0 Å². The van der Waals surface area contributed by atoms with Crippen molar-refractivity contribution < 1.29 is 24.2 Å². The minimum Gasteiger partial charge on any atom is -0.462 e. The lowest BCUT2D eigenvalue weighted by Gasteiger charge is -2.15. The number of rotatable bonds is 57. The maximum absolute atomic E-state index is 12.3. The zero-order chi connectivity index (χ0) is 48.5. The summed E-state index contributed by atoms with van der Waals surface area (Å²) in [6.07, 6.45) is 74.6. The van der Waals surface area contributed by atoms with Crippen molar-refractivity contribution in [3.05, 3.63) is 24.3 Å². The number of aliphatic hydroxyl groups excluding tert-OH is 1. The molecule has 1 unspecified atom stereocenters. The Bertz CT molecular complexity index is 1020. The lowest BCUT2D eigenvalue weighted by atomic mass is 10.0. The Balaban J connectivity index is 3.40. The summed E-state index contributed by atoms with van der Waals surface area (Å²) in [5.41, 5.74) is 0. The van der Waals surface area contributed by atoms with Gasteiger partial charge in [0.25, 0.3) is 0 Å². The van der Waals surface area contributed by atoms with Crippen molar-refractivity contribution in [1.29, 1.82) is 0 Å². The van der Waals surface area contributed by atoms with Crippen LogP contribution in [0, 0.1) is 0 Å². The van der Waals surface area contributed by atoms with Gasteiger partial charge in [0.05, 0.1) is 6.61 Å². The van der Waals surface area contributed by atoms with Gasteiger partial charge < -0.3 is 14.6 Å². The average Bonchev–Trinajstić information content (AvgIpc) is 3.33. The third-order valence-corrected chi connectivity index (χ3v) is 14.0. The molecule has 0 amide bonds. The Hall–Kier alpha value is -1.62. The smallest absolute Gasteiger partial charge is 0.306 e. The van der Waals surface area contributed by atoms with Crippen molar-refractivity contribution in [3.8, 4) is 0 Å². The summed E-state index contributed by atoms with van der Waals surface area (Å²) in [5, 5.41) is 9.67. The van der Waals surface area contributed by atoms with Gasteiger partial charge in [-0.1, -0.05) is 308 Å². The standard InChI is InChI=1S/C62H118O5/c1-3-5-7-9-11-13-15-17-19-21-23-25-27-28-29-30-31-32-33-34-35-37-39-41-43-45-47-49-51-53-55-57-62(65)67-60(58-63)59-66-61(64)56-54-52-50-48-46-44-42-40-38-36-26-24-22-20-18-16-14-12-10-8-6-4-2/h15,17,21,23,60,63H,3-14,16,18-20,22,24-59H2,1-2H3/b17-15-,23-21-. The first-order valence-electron chi connectivity index (χ1n) is 30.4. The highest BCUT2D eigenvalue weighted by Crippen LogP contribution is 2.18. The Labute approximate surface area is 419 Å². The molecule has 0 spiro atoms. The molecule has 396 valence electrons. The van der Waals surface area contributed by atoms with Crippen molar-refractivity contribution >= 4 is 11.9 Å². The molecule has 0 rings (SSSR count). The summed E-state index contributed by atoms with van der Waals surface area (Å²) in [6.45, 7) is 4.19. The number of esters is 2. The number of hydrogen-bond acceptors (Lipinski definition) is 5. The van der Waals surface area contributed by atoms with Crippen molar-refractivity contribution in [2.75, 3.05) is 13.2 Å². The van der Waals surface area contributed by atoms with Gasteiger partial charge in [-0.2, -0.15) is 0 Å². The molecule has 1 atom stereocenters. The number of ether oxygens (including phenoxy) is 2. The van der Waals surface area contributed by atoms with Gasteiger partial charge in [0, 0.05) is 12.8 Å². The predicted octanol–water partition coefficient (Wildman–Crippen LogP) is 20.5. The highest BCUT2D eigenvalue weighted by molar-refractivity contribution is 5.70. The SMILES string of the molecule is CCCCCCC/C=C\C/C=C\CCCCCCCCCCCCCCCCCCCCCC(=O)OC(CO)COC(=O)CCCCCCCCCCCCCCCCCCCCCCCC. The van der Waals surface area contributed by atoms with Crippen molar-refractivity contribution in [1.82, 2.24) is 0 Å². The quantitative estimate of drug-likeness (QED) is 0.0374. The molecule has 0 bridgehead atoms. The van der Waals surface area contributed by atoms with Crippen LogP contribution in [0.15, 0.2) is 24.3 Å². The first-order valence-corrected chi connectivity index (χ1v) is 30.4. The number of aliphatic hydroxyl groups is 1. The van der Waals surface area contributed by atoms with Crippen LogP contribution in [-0.2, 0) is 19.1 Å². The molecule has 0 aromatic rings. The zero-order valence-corrected chi connectivity index (χ0v) is 45.4. The second-order valence-electron chi connectivity index (χ2n) is 20.8. The summed E-state index contributed by atoms with van der Waals surface area (Å²) in [6, 6.07) is 0. The van der Waals surface area contributed by atoms with E-state index in [0.29, 0.717) is 12.8 Å². The van der Waals surface area contributed by atoms with Crippen LogP contribution in [0.4, 0.5) is 0 Å². The van der Waals surface area contributed by atoms with Crippen LogP contribution in [0.25, 0.3) is 0 Å². The molecule has 0 saturated carbocycles. The van der Waals surface area contributed by atoms with Gasteiger partial charge in [-0.05, 0) is 44.9 Å². The Morgan fingerprint density at radius 3 is 0.881 bits per heavy atom. The van der Waals surface area contributed by atoms with Crippen molar-refractivity contribution in [3.63, 3.8) is 0 Å². The van der Waals surface area contributed by atoms with Gasteiger partial charge in [-0.15, -0.1) is 0 Å². The molecule has 0 radical (unpaired) electrons. The van der Waals surface area contributed by atoms with Crippen LogP contribution in [0.3, 0.4) is 0 Å². The minimum absolute atomic E-state index is 0.0581. The largest absolute Gasteiger partial charge is 0.462 e. The van der Waals surface area contributed by atoms with E-state index >= 15 is 0 Å². The van der Waals surface area contributed by atoms with Crippen LogP contribution >= 0.6 is 0 Å². The minimum atomic E-state index is -0.767. The number of hydrogen-bond donors (Lipinski definition) is 1. The molecule has 0 fully saturated rings. The maximum atomic E-state index is 12.3. The first-order chi connectivity index (χ1) is 33.1. The van der Waals surface area contributed by atoms with Gasteiger partial charge in [-0.3, -0.25) is 9.59 Å². The maximum Gasteiger partial charge on any atom is 0.306 e. The highest BCUT2D eigenvalue weighted by atomic mass is 16.6. The van der Waals surface area contributed by atoms with E-state index < -0.39 is 6.10 Å². The van der Waals surface area contributed by atoms with E-state index in [4.69, 9.17) is 9.47 Å². The highest BCUT2D eigenvalue weighted by Gasteiger charge is 2.16. The molecule has 0 aromatic heterocycles. The van der Waals surface area contributed by atoms with E-state index in [-0.39, 0.29) is 25.2 Å². The number of carbonyl (C=O) groups excluding carboxylic acids is 2. The van der Waals surface area contributed by atoms with Crippen LogP contribution in [-0.4, -0.2) is 36.4 Å². The second-order valence-corrected chi connectivity index (χ2v) is 20.8. The fourth-order valence-electron chi connectivity index (χ4n) is 9.41. The molecule has 5 heteroatoms. The lowest BCUT2D eigenvalue weighted by molar-refractivity contribution is -0.161. The van der Waals surface area contributed by atoms with Gasteiger partial charge >= 0.3 is 11.9 Å². The fraction of sp³-hybridized carbons (Fsp3) is 0.903. The predicted molar refractivity (Wildman–Crippen MR) is 293 cm³/mol. The fourth-order valence-corrected chi connectivity index (χ4v) is 9.41. The van der Waals surface area contributed by atoms with Crippen LogP contribution in [0.2, 0.25) is 0 Å². The molecule has 0 aliphatic rings. The molecule has 0 heterocycles. The van der Waals surface area contributed by atoms with Crippen molar-refractivity contribution in [2.24, 2.45) is 0 Å². The number of allylic oxidation sites excluding steroid dienone is 4. The third-order valence-electron chi connectivity index (χ3n) is 14.0. The van der Waals surface area contributed by atoms with Crippen molar-refractivity contribution in [2.45, 2.75) is 347 Å². The van der Waals surface area contributed by atoms with E-state index in [0.717, 1.165) is 38.5 Å². The molecule has 0 aliphatic heterocycles. The average molecular weight is 944 g/mol. The van der Waals surface area contributed by atoms with Crippen LogP contribution < -0.4 is 0 Å². The Morgan fingerprint density at radius 1 is 0.343 bits per heavy atom. The normalized spacial score (nSPS) is 12.2. The molecule has 5 nitrogen and oxygen atoms in total. The monoisotopic (exact) mass is 943 g/mol. The molecule has 67 heavy (non-hydrogen) atoms. The molecule has 0 aromatic carbocycles. The van der Waals surface area contributed by atoms with Gasteiger partial charge in [0.15, 0.2) is 6.10 Å². The van der Waals surface area contributed by atoms with Crippen LogP contribution in [0.1, 0.15) is 341 Å². The number of unbranched alkanes of at least 4 members (excludes halogenated alkanes) is 45. The van der Waals surface area contributed by atoms with E-state index in [1.165, 1.54) is 276 Å². The molecular formula is C62H118O5. The molecule has 0 saturated heterocycles. The summed E-state index contributed by atoms with van der Waals surface area (Å²) in [5.74, 6) is -0.567. The van der Waals surface area contributed by atoms with Crippen LogP contribution in [0.5, 0.6) is 0 Å². The van der Waals surface area contributed by atoms with E-state index in [2.05, 4.69) is 38.2 Å². The Morgan fingerprint density at radius 2 is 0.597 bits per heavy atom. The van der Waals surface area contributed by atoms with Gasteiger partial charge in [0.2, 0.25) is 0 Å². The second kappa shape index (κ2) is 58.7. The molecule has 0 aliphatic carbocycles. The van der Waals surface area contributed by atoms with E-state index in [1.54, 1.807) is 0 Å². The van der Waals surface area contributed by atoms with Gasteiger partial charge in [0.1, 0.15) is 6.61 Å². The summed E-state index contributed by atoms with van der Waals surface area (Å²) in [4.78, 5) is 24.6. The van der Waals surface area contributed by atoms with E-state index in [9.17, 15) is 14.7 Å². The third kappa shape index (κ3) is 56.9. The molecular weight excluding hydrogens is 825 g/mol. The number of carbonyl (C=O) groups is 2. The Kier molecular flexibility index (Phi) is 57.3. The summed E-state index contributed by atoms with van der Waals surface area (Å²) < 4.78 is 10.7. The molecule has 1 N–H and O–H groups in total. The topological polar surface area (TPSA) is 72.8 Å². The van der Waals surface area contributed by atoms with E-state index in [1.807, 2.05) is 0 Å². The zero-order valence-electron chi connectivity index (χ0n) is 45.4.